The fourth-order valence-electron chi connectivity index (χ4n) is 3.09. The lowest BCUT2D eigenvalue weighted by Crippen LogP contribution is -2.27. The van der Waals surface area contributed by atoms with Crippen molar-refractivity contribution in [1.82, 2.24) is 4.90 Å². The van der Waals surface area contributed by atoms with Crippen molar-refractivity contribution < 1.29 is 18.3 Å². The number of likely N-dealkylation sites (tertiary alicyclic amines) is 1. The number of rotatable bonds is 3. The first-order chi connectivity index (χ1) is 11.3. The number of hydrogen-bond donors (Lipinski definition) is 0. The summed E-state index contributed by atoms with van der Waals surface area (Å²) in [5.41, 5.74) is 2.81. The van der Waals surface area contributed by atoms with E-state index in [2.05, 4.69) is 72.5 Å². The third-order valence-electron chi connectivity index (χ3n) is 4.05. The molecule has 0 aliphatic carbocycles. The van der Waals surface area contributed by atoms with Crippen LogP contribution in [-0.4, -0.2) is 18.0 Å². The summed E-state index contributed by atoms with van der Waals surface area (Å²) in [6.07, 6.45) is 1.32. The third-order valence-corrected chi connectivity index (χ3v) is 4.05. The molecule has 126 valence electrons. The monoisotopic (exact) mass is 327 g/mol. The minimum Gasteiger partial charge on any atom is -0.292 e. The van der Waals surface area contributed by atoms with E-state index in [0.29, 0.717) is 6.04 Å². The first-order valence-corrected chi connectivity index (χ1v) is 7.47. The number of hydrogen-bond acceptors (Lipinski definition) is 1. The quantitative estimate of drug-likeness (QED) is 0.644. The molecule has 1 heterocycles. The Balaban J connectivity index is 0.000000615. The van der Waals surface area contributed by atoms with Crippen molar-refractivity contribution >= 4 is 0 Å². The van der Waals surface area contributed by atoms with Gasteiger partial charge in [0.2, 0.25) is 0 Å². The molecule has 2 aromatic carbocycles. The predicted octanol–water partition coefficient (Wildman–Crippen LogP) is 5.80. The van der Waals surface area contributed by atoms with Crippen LogP contribution in [0.25, 0.3) is 0 Å². The molecule has 23 heavy (non-hydrogen) atoms. The molecule has 1 aliphatic rings. The van der Waals surface area contributed by atoms with Gasteiger partial charge in [-0.05, 0) is 30.0 Å². The van der Waals surface area contributed by atoms with Crippen molar-refractivity contribution in [3.63, 3.8) is 0 Å². The van der Waals surface area contributed by atoms with Crippen molar-refractivity contribution in [1.29, 1.82) is 0 Å². The molecule has 1 fully saturated rings. The summed E-state index contributed by atoms with van der Waals surface area (Å²) in [6, 6.07) is 22.2. The normalized spacial score (nSPS) is 17.0. The average molecular weight is 327 g/mol. The second-order valence-electron chi connectivity index (χ2n) is 5.61. The maximum Gasteiger partial charge on any atom is 0.0601 e. The van der Waals surface area contributed by atoms with E-state index in [0.717, 1.165) is 5.92 Å². The number of halogens is 4. The molecule has 1 nitrogen and oxygen atoms in total. The van der Waals surface area contributed by atoms with Crippen LogP contribution >= 0.6 is 0 Å². The topological polar surface area (TPSA) is 3.24 Å². The maximum absolute atomic E-state index is 8.00. The number of nitrogens with zero attached hydrogens (tertiary/aromatic N) is 1. The van der Waals surface area contributed by atoms with Crippen molar-refractivity contribution in [3.8, 4) is 0 Å². The molecule has 3 rings (SSSR count). The van der Waals surface area contributed by atoms with Gasteiger partial charge in [-0.1, -0.05) is 67.6 Å². The fourth-order valence-corrected chi connectivity index (χ4v) is 3.09. The van der Waals surface area contributed by atoms with Gasteiger partial charge in [0.1, 0.15) is 0 Å². The van der Waals surface area contributed by atoms with E-state index < -0.39 is 0 Å². The molecule has 5 heteroatoms. The zero-order valence-electron chi connectivity index (χ0n) is 13.0. The van der Waals surface area contributed by atoms with E-state index in [-0.39, 0.29) is 0 Å². The highest BCUT2D eigenvalue weighted by Gasteiger charge is 2.27. The Morgan fingerprint density at radius 3 is 1.61 bits per heavy atom. The van der Waals surface area contributed by atoms with E-state index >= 15 is 0 Å². The summed E-state index contributed by atoms with van der Waals surface area (Å²) in [7, 11) is 0. The van der Waals surface area contributed by atoms with Crippen LogP contribution in [0.15, 0.2) is 60.7 Å². The zero-order chi connectivity index (χ0) is 17.1. The van der Waals surface area contributed by atoms with Gasteiger partial charge in [0.15, 0.2) is 0 Å². The molecule has 0 spiro atoms. The standard InChI is InChI=1S/C18H21N.2F2/c1-15-12-13-19(14-15)18(16-8-4-2-5-9-16)17-10-6-3-7-11-17;2*1-2/h2-11,15,18H,12-14H2,1H3;;. The fraction of sp³-hybridized carbons (Fsp3) is 0.333. The highest BCUT2D eigenvalue weighted by atomic mass is 20.0. The molecule has 0 saturated carbocycles. The van der Waals surface area contributed by atoms with Gasteiger partial charge in [0, 0.05) is 24.8 Å². The van der Waals surface area contributed by atoms with Gasteiger partial charge in [0.05, 0.1) is 6.04 Å². The van der Waals surface area contributed by atoms with Gasteiger partial charge in [-0.2, -0.15) is 0 Å². The smallest absolute Gasteiger partial charge is 0.0601 e. The molecular formula is C18H21F4N. The first kappa shape index (κ1) is 19.2. The summed E-state index contributed by atoms with van der Waals surface area (Å²) >= 11 is 0. The summed E-state index contributed by atoms with van der Waals surface area (Å²) in [5.74, 6) is 0.815. The Bertz CT molecular complexity index is 482. The largest absolute Gasteiger partial charge is 0.292 e. The molecular weight excluding hydrogens is 306 g/mol. The summed E-state index contributed by atoms with van der Waals surface area (Å²) in [4.78, 5) is 2.62. The zero-order valence-corrected chi connectivity index (χ0v) is 13.0. The highest BCUT2D eigenvalue weighted by molar-refractivity contribution is 5.32. The minimum atomic E-state index is 0.410. The van der Waals surface area contributed by atoms with E-state index in [1.807, 2.05) is 0 Å². The molecule has 0 N–H and O–H groups in total. The molecule has 1 atom stereocenters. The van der Waals surface area contributed by atoms with Gasteiger partial charge < -0.3 is 0 Å². The predicted molar refractivity (Wildman–Crippen MR) is 84.5 cm³/mol. The molecule has 0 aromatic heterocycles. The van der Waals surface area contributed by atoms with Gasteiger partial charge in [-0.25, -0.2) is 0 Å². The van der Waals surface area contributed by atoms with E-state index in [1.54, 1.807) is 0 Å². The Morgan fingerprint density at radius 2 is 1.26 bits per heavy atom. The van der Waals surface area contributed by atoms with Crippen LogP contribution in [0.5, 0.6) is 0 Å². The van der Waals surface area contributed by atoms with Crippen LogP contribution in [0.2, 0.25) is 0 Å². The Kier molecular flexibility index (Phi) is 8.98. The molecule has 0 amide bonds. The first-order valence-electron chi connectivity index (χ1n) is 7.47. The average Bonchev–Trinajstić information content (AvgIpc) is 3.06. The minimum absolute atomic E-state index is 0.410. The van der Waals surface area contributed by atoms with Crippen molar-refractivity contribution in [2.45, 2.75) is 19.4 Å². The van der Waals surface area contributed by atoms with Crippen LogP contribution in [0.4, 0.5) is 18.3 Å². The third kappa shape index (κ3) is 5.36. The van der Waals surface area contributed by atoms with Crippen LogP contribution in [0, 0.1) is 5.92 Å². The Labute approximate surface area is 134 Å². The summed E-state index contributed by atoms with van der Waals surface area (Å²) < 4.78 is 32.0. The lowest BCUT2D eigenvalue weighted by atomic mass is 9.97. The molecule has 1 unspecified atom stereocenters. The second-order valence-corrected chi connectivity index (χ2v) is 5.61. The lowest BCUT2D eigenvalue weighted by Gasteiger charge is -2.28. The number of benzene rings is 2. The highest BCUT2D eigenvalue weighted by Crippen LogP contribution is 2.32. The Hall–Kier alpha value is -1.88. The van der Waals surface area contributed by atoms with Gasteiger partial charge >= 0.3 is 0 Å². The van der Waals surface area contributed by atoms with Crippen molar-refractivity contribution in [3.05, 3.63) is 71.8 Å². The Morgan fingerprint density at radius 1 is 0.826 bits per heavy atom. The summed E-state index contributed by atoms with van der Waals surface area (Å²) in [6.45, 7) is 4.76. The second kappa shape index (κ2) is 10.8. The van der Waals surface area contributed by atoms with Crippen LogP contribution < -0.4 is 0 Å². The van der Waals surface area contributed by atoms with E-state index in [1.165, 1.54) is 30.6 Å². The lowest BCUT2D eigenvalue weighted by molar-refractivity contribution is 0.108. The van der Waals surface area contributed by atoms with Gasteiger partial charge in [-0.3, -0.25) is 4.90 Å². The molecule has 1 saturated heterocycles. The van der Waals surface area contributed by atoms with Crippen LogP contribution in [0.1, 0.15) is 30.5 Å². The summed E-state index contributed by atoms with van der Waals surface area (Å²) in [5, 5.41) is 0. The van der Waals surface area contributed by atoms with Gasteiger partial charge in [0.25, 0.3) is 0 Å². The molecule has 0 radical (unpaired) electrons. The van der Waals surface area contributed by atoms with E-state index in [4.69, 9.17) is 18.3 Å². The van der Waals surface area contributed by atoms with Crippen LogP contribution in [0.3, 0.4) is 0 Å². The van der Waals surface area contributed by atoms with Gasteiger partial charge in [-0.15, -0.1) is 0 Å². The van der Waals surface area contributed by atoms with Crippen molar-refractivity contribution in [2.24, 2.45) is 5.92 Å². The van der Waals surface area contributed by atoms with Crippen LogP contribution in [-0.2, 0) is 0 Å². The molecule has 0 bridgehead atoms. The SMILES string of the molecule is CC1CCN(C(c2ccccc2)c2ccccc2)C1.FF.FF. The van der Waals surface area contributed by atoms with E-state index in [9.17, 15) is 0 Å². The molecule has 2 aromatic rings. The maximum atomic E-state index is 8.00. The van der Waals surface area contributed by atoms with Crippen molar-refractivity contribution in [2.75, 3.05) is 13.1 Å². The molecule has 1 aliphatic heterocycles.